The molecule has 0 unspecified atom stereocenters. The third-order valence-corrected chi connectivity index (χ3v) is 8.17. The molecule has 0 aliphatic heterocycles. The molecule has 0 aromatic heterocycles. The van der Waals surface area contributed by atoms with Gasteiger partial charge in [0.25, 0.3) is 10.0 Å². The van der Waals surface area contributed by atoms with Gasteiger partial charge in [-0.05, 0) is 69.0 Å². The molecule has 1 N–H and O–H groups in total. The average molecular weight is 536 g/mol. The lowest BCUT2D eigenvalue weighted by Gasteiger charge is -2.32. The fourth-order valence-corrected chi connectivity index (χ4v) is 5.70. The number of hydrogen-bond donors (Lipinski definition) is 1. The van der Waals surface area contributed by atoms with Gasteiger partial charge in [0.1, 0.15) is 12.6 Å². The van der Waals surface area contributed by atoms with Crippen LogP contribution in [-0.2, 0) is 26.2 Å². The number of rotatable bonds is 11. The van der Waals surface area contributed by atoms with E-state index in [9.17, 15) is 18.0 Å². The molecule has 38 heavy (non-hydrogen) atoms. The van der Waals surface area contributed by atoms with E-state index in [1.165, 1.54) is 17.0 Å². The van der Waals surface area contributed by atoms with Crippen molar-refractivity contribution >= 4 is 27.5 Å². The summed E-state index contributed by atoms with van der Waals surface area (Å²) in [5.41, 5.74) is 3.91. The first-order chi connectivity index (χ1) is 18.0. The number of anilines is 1. The predicted molar refractivity (Wildman–Crippen MR) is 151 cm³/mol. The minimum Gasteiger partial charge on any atom is -0.354 e. The van der Waals surface area contributed by atoms with Crippen LogP contribution in [0.1, 0.15) is 42.5 Å². The second-order valence-electron chi connectivity index (χ2n) is 9.59. The van der Waals surface area contributed by atoms with Crippen LogP contribution in [0.5, 0.6) is 0 Å². The number of nitrogens with zero attached hydrogens (tertiary/aromatic N) is 2. The van der Waals surface area contributed by atoms with Gasteiger partial charge in [-0.3, -0.25) is 13.9 Å². The molecule has 8 heteroatoms. The van der Waals surface area contributed by atoms with Crippen molar-refractivity contribution in [3.05, 3.63) is 95.1 Å². The predicted octanol–water partition coefficient (Wildman–Crippen LogP) is 4.75. The van der Waals surface area contributed by atoms with Crippen LogP contribution in [0.15, 0.2) is 77.7 Å². The molecule has 0 aliphatic rings. The Bertz CT molecular complexity index is 1370. The molecule has 7 nitrogen and oxygen atoms in total. The maximum atomic E-state index is 13.9. The van der Waals surface area contributed by atoms with Crippen LogP contribution in [-0.4, -0.2) is 44.3 Å². The summed E-state index contributed by atoms with van der Waals surface area (Å²) < 4.78 is 28.9. The second-order valence-corrected chi connectivity index (χ2v) is 11.5. The van der Waals surface area contributed by atoms with Gasteiger partial charge in [0.2, 0.25) is 11.8 Å². The number of carbonyl (C=O) groups excluding carboxylic acids is 2. The van der Waals surface area contributed by atoms with E-state index in [1.807, 2.05) is 64.1 Å². The molecule has 1 atom stereocenters. The van der Waals surface area contributed by atoms with Gasteiger partial charge in [0.05, 0.1) is 10.6 Å². The Morgan fingerprint density at radius 1 is 0.895 bits per heavy atom. The molecule has 2 amide bonds. The third kappa shape index (κ3) is 7.01. The second kappa shape index (κ2) is 12.7. The van der Waals surface area contributed by atoms with E-state index in [0.717, 1.165) is 33.0 Å². The number of hydrogen-bond acceptors (Lipinski definition) is 4. The molecule has 0 saturated carbocycles. The van der Waals surface area contributed by atoms with Gasteiger partial charge in [-0.15, -0.1) is 0 Å². The number of benzene rings is 3. The number of nitrogens with one attached hydrogen (secondary N) is 1. The van der Waals surface area contributed by atoms with Crippen molar-refractivity contribution in [3.63, 3.8) is 0 Å². The van der Waals surface area contributed by atoms with Crippen molar-refractivity contribution in [2.24, 2.45) is 0 Å². The molecule has 0 radical (unpaired) electrons. The molecule has 202 valence electrons. The lowest BCUT2D eigenvalue weighted by Crippen LogP contribution is -2.51. The molecular formula is C30H37N3O4S. The number of carbonyl (C=O) groups is 2. The Labute approximate surface area is 226 Å². The molecule has 3 aromatic rings. The van der Waals surface area contributed by atoms with Crippen LogP contribution in [0.4, 0.5) is 5.69 Å². The fourth-order valence-electron chi connectivity index (χ4n) is 4.21. The molecule has 0 saturated heterocycles. The molecule has 3 rings (SSSR count). The lowest BCUT2D eigenvalue weighted by atomic mass is 10.1. The maximum absolute atomic E-state index is 13.9. The summed E-state index contributed by atoms with van der Waals surface area (Å²) in [6.45, 7) is 9.50. The van der Waals surface area contributed by atoms with Crippen molar-refractivity contribution < 1.29 is 18.0 Å². The Morgan fingerprint density at radius 3 is 2.24 bits per heavy atom. The topological polar surface area (TPSA) is 86.8 Å². The highest BCUT2D eigenvalue weighted by Crippen LogP contribution is 2.28. The van der Waals surface area contributed by atoms with Gasteiger partial charge in [-0.25, -0.2) is 8.42 Å². The monoisotopic (exact) mass is 535 g/mol. The minimum atomic E-state index is -4.08. The van der Waals surface area contributed by atoms with E-state index in [2.05, 4.69) is 5.32 Å². The molecular weight excluding hydrogens is 498 g/mol. The standard InChI is InChI=1S/C30H37N3O4S/c1-6-17-31-30(35)25(5)32(20-26-12-10-11-22(2)18-26)29(34)21-33(28-19-23(3)15-16-24(28)4)38(36,37)27-13-8-7-9-14-27/h7-16,18-19,25H,6,17,20-21H2,1-5H3,(H,31,35)/t25-/m1/s1. The summed E-state index contributed by atoms with van der Waals surface area (Å²) in [5, 5.41) is 2.86. The van der Waals surface area contributed by atoms with Crippen LogP contribution in [0.3, 0.4) is 0 Å². The molecule has 0 heterocycles. The summed E-state index contributed by atoms with van der Waals surface area (Å²) in [6.07, 6.45) is 0.764. The summed E-state index contributed by atoms with van der Waals surface area (Å²) in [5.74, 6) is -0.747. The van der Waals surface area contributed by atoms with Gasteiger partial charge >= 0.3 is 0 Å². The number of aryl methyl sites for hydroxylation is 3. The zero-order valence-corrected chi connectivity index (χ0v) is 23.6. The van der Waals surface area contributed by atoms with Crippen molar-refractivity contribution in [1.29, 1.82) is 0 Å². The van der Waals surface area contributed by atoms with E-state index < -0.39 is 28.5 Å². The molecule has 0 bridgehead atoms. The average Bonchev–Trinajstić information content (AvgIpc) is 2.90. The zero-order chi connectivity index (χ0) is 27.9. The van der Waals surface area contributed by atoms with Crippen LogP contribution in [0.2, 0.25) is 0 Å². The summed E-state index contributed by atoms with van der Waals surface area (Å²) >= 11 is 0. The molecule has 3 aromatic carbocycles. The number of sulfonamides is 1. The Hall–Kier alpha value is -3.65. The minimum absolute atomic E-state index is 0.0904. The zero-order valence-electron chi connectivity index (χ0n) is 22.8. The Balaban J connectivity index is 2.05. The van der Waals surface area contributed by atoms with Gasteiger partial charge in [-0.2, -0.15) is 0 Å². The Kier molecular flexibility index (Phi) is 9.69. The largest absolute Gasteiger partial charge is 0.354 e. The van der Waals surface area contributed by atoms with Crippen molar-refractivity contribution in [2.45, 2.75) is 58.5 Å². The SMILES string of the molecule is CCCNC(=O)[C@@H](C)N(Cc1cccc(C)c1)C(=O)CN(c1cc(C)ccc1C)S(=O)(=O)c1ccccc1. The van der Waals surface area contributed by atoms with Crippen LogP contribution in [0.25, 0.3) is 0 Å². The normalized spacial score (nSPS) is 12.0. The van der Waals surface area contributed by atoms with E-state index in [0.29, 0.717) is 12.2 Å². The first-order valence-electron chi connectivity index (χ1n) is 12.8. The lowest BCUT2D eigenvalue weighted by molar-refractivity contribution is -0.139. The quantitative estimate of drug-likeness (QED) is 0.384. The smallest absolute Gasteiger partial charge is 0.264 e. The van der Waals surface area contributed by atoms with E-state index >= 15 is 0 Å². The summed E-state index contributed by atoms with van der Waals surface area (Å²) in [4.78, 5) is 28.4. The Morgan fingerprint density at radius 2 is 1.58 bits per heavy atom. The van der Waals surface area contributed by atoms with Crippen LogP contribution >= 0.6 is 0 Å². The summed E-state index contributed by atoms with van der Waals surface area (Å²) in [7, 11) is -4.08. The maximum Gasteiger partial charge on any atom is 0.264 e. The van der Waals surface area contributed by atoms with Crippen molar-refractivity contribution in [2.75, 3.05) is 17.4 Å². The highest BCUT2D eigenvalue weighted by molar-refractivity contribution is 7.92. The fraction of sp³-hybridized carbons (Fsp3) is 0.333. The van der Waals surface area contributed by atoms with E-state index in [1.54, 1.807) is 31.2 Å². The van der Waals surface area contributed by atoms with E-state index in [-0.39, 0.29) is 17.3 Å². The summed E-state index contributed by atoms with van der Waals surface area (Å²) in [6, 6.07) is 20.5. The molecule has 0 aliphatic carbocycles. The highest BCUT2D eigenvalue weighted by Gasteiger charge is 2.33. The van der Waals surface area contributed by atoms with E-state index in [4.69, 9.17) is 0 Å². The van der Waals surface area contributed by atoms with Crippen LogP contribution < -0.4 is 9.62 Å². The number of amides is 2. The van der Waals surface area contributed by atoms with Crippen molar-refractivity contribution in [3.8, 4) is 0 Å². The van der Waals surface area contributed by atoms with Crippen LogP contribution in [0, 0.1) is 20.8 Å². The molecule has 0 fully saturated rings. The highest BCUT2D eigenvalue weighted by atomic mass is 32.2. The van der Waals surface area contributed by atoms with Gasteiger partial charge in [0, 0.05) is 13.1 Å². The van der Waals surface area contributed by atoms with Gasteiger partial charge < -0.3 is 10.2 Å². The molecule has 0 spiro atoms. The van der Waals surface area contributed by atoms with Gasteiger partial charge in [0.15, 0.2) is 0 Å². The van der Waals surface area contributed by atoms with Crippen molar-refractivity contribution in [1.82, 2.24) is 10.2 Å². The first kappa shape index (κ1) is 28.9. The third-order valence-electron chi connectivity index (χ3n) is 6.40. The van der Waals surface area contributed by atoms with Gasteiger partial charge in [-0.1, -0.05) is 67.1 Å². The first-order valence-corrected chi connectivity index (χ1v) is 14.3.